The minimum Gasteiger partial charge on any atom is -0.872 e. The topological polar surface area (TPSA) is 144 Å². The molecule has 12 heteroatoms. The number of hydrogen-bond donors (Lipinski definition) is 2. The number of thiol groups is 1. The summed E-state index contributed by atoms with van der Waals surface area (Å²) in [6, 6.07) is 22.5. The van der Waals surface area contributed by atoms with Gasteiger partial charge in [0.1, 0.15) is 11.3 Å². The number of aliphatic imine (C=N–C) groups is 1. The molecule has 0 saturated heterocycles. The van der Waals surface area contributed by atoms with Gasteiger partial charge in [-0.1, -0.05) is 24.3 Å². The zero-order valence-corrected chi connectivity index (χ0v) is 31.2. The normalized spacial score (nSPS) is 11.4. The molecule has 2 aromatic heterocycles. The van der Waals surface area contributed by atoms with Gasteiger partial charge in [-0.2, -0.15) is 0 Å². The Bertz CT molecular complexity index is 2330. The number of carboxylic acid groups (broad SMARTS) is 1. The van der Waals surface area contributed by atoms with Crippen LogP contribution in [0.1, 0.15) is 10.4 Å². The van der Waals surface area contributed by atoms with Gasteiger partial charge in [-0.15, -0.1) is 18.4 Å². The van der Waals surface area contributed by atoms with E-state index in [9.17, 15) is 19.8 Å². The van der Waals surface area contributed by atoms with Gasteiger partial charge in [0.25, 0.3) is 0 Å². The summed E-state index contributed by atoms with van der Waals surface area (Å²) in [6.45, 7) is 0. The van der Waals surface area contributed by atoms with Gasteiger partial charge in [-0.25, -0.2) is 4.99 Å². The Labute approximate surface area is 346 Å². The number of aromatic carboxylic acids is 1. The van der Waals surface area contributed by atoms with Crippen LogP contribution in [0.25, 0.3) is 55.2 Å². The largest absolute Gasteiger partial charge is 1.00 e. The van der Waals surface area contributed by atoms with Crippen molar-refractivity contribution in [2.24, 2.45) is 4.99 Å². The van der Waals surface area contributed by atoms with Crippen LogP contribution in [0.4, 0.5) is 11.4 Å². The number of aromatic nitrogens is 2. The molecule has 0 amide bonds. The first kappa shape index (κ1) is 33.9. The summed E-state index contributed by atoms with van der Waals surface area (Å²) in [6.07, 6.45) is 3.41. The van der Waals surface area contributed by atoms with Gasteiger partial charge in [-0.3, -0.25) is 14.8 Å². The van der Waals surface area contributed by atoms with E-state index in [-0.39, 0.29) is 136 Å². The van der Waals surface area contributed by atoms with E-state index in [1.807, 2.05) is 30.3 Å². The maximum atomic E-state index is 12.4. The third kappa shape index (κ3) is 6.69. The van der Waals surface area contributed by atoms with E-state index < -0.39 is 5.97 Å². The van der Waals surface area contributed by atoms with E-state index in [1.165, 1.54) is 30.3 Å². The zero-order valence-electron chi connectivity index (χ0n) is 24.1. The van der Waals surface area contributed by atoms with Crippen LogP contribution in [-0.2, 0) is 0 Å². The minimum absolute atomic E-state index is 0. The van der Waals surface area contributed by atoms with Gasteiger partial charge < -0.3 is 24.7 Å². The molecule has 0 spiro atoms. The molecule has 3 aromatic carbocycles. The van der Waals surface area contributed by atoms with E-state index in [0.717, 1.165) is 21.8 Å². The summed E-state index contributed by atoms with van der Waals surface area (Å²) in [5.41, 5.74) is 3.60. The fraction of sp³-hybridized carbons (Fsp3) is 0. The predicted octanol–water partition coefficient (Wildman–Crippen LogP) is -0.864. The second-order valence-electron chi connectivity index (χ2n) is 9.77. The van der Waals surface area contributed by atoms with E-state index in [1.54, 1.807) is 36.7 Å². The van der Waals surface area contributed by atoms with Gasteiger partial charge in [0.15, 0.2) is 10.6 Å². The van der Waals surface area contributed by atoms with E-state index in [2.05, 4.69) is 32.9 Å². The summed E-state index contributed by atoms with van der Waals surface area (Å²) in [5, 5.41) is 30.1. The molecule has 1 aliphatic carbocycles. The fourth-order valence-electron chi connectivity index (χ4n) is 5.28. The number of fused-ring (bicyclic) bond motifs is 5. The van der Waals surface area contributed by atoms with Crippen molar-refractivity contribution in [2.45, 2.75) is 0 Å². The number of carbonyl (C=O) groups excluding carboxylic acids is 1. The van der Waals surface area contributed by atoms with Crippen molar-refractivity contribution >= 4 is 67.9 Å². The first-order valence-electron chi connectivity index (χ1n) is 13.1. The monoisotopic (exact) mass is 660 g/mol. The Balaban J connectivity index is 0.00000200. The van der Waals surface area contributed by atoms with Crippen LogP contribution in [0.5, 0.6) is 5.75 Å². The van der Waals surface area contributed by atoms with E-state index in [0.29, 0.717) is 33.5 Å². The molecule has 7 rings (SSSR count). The maximum absolute atomic E-state index is 12.4. The number of rotatable bonds is 4. The summed E-state index contributed by atoms with van der Waals surface area (Å²) in [4.78, 5) is 38.0. The van der Waals surface area contributed by atoms with Crippen LogP contribution < -0.4 is 124 Å². The number of benzene rings is 4. The average Bonchev–Trinajstić information content (AvgIpc) is 3.00. The van der Waals surface area contributed by atoms with Crippen LogP contribution in [0.2, 0.25) is 0 Å². The molecule has 1 aliphatic heterocycles. The second-order valence-corrected chi connectivity index (χ2v) is 10.2. The first-order valence-corrected chi connectivity index (χ1v) is 13.5. The van der Waals surface area contributed by atoms with Gasteiger partial charge >= 0.3 is 103 Å². The number of pyridine rings is 2. The molecular formula is C33H18K2N4O5S. The smallest absolute Gasteiger partial charge is 0.872 e. The van der Waals surface area contributed by atoms with Crippen molar-refractivity contribution in [1.29, 1.82) is 0 Å². The summed E-state index contributed by atoms with van der Waals surface area (Å²) in [7, 11) is 0. The molecule has 45 heavy (non-hydrogen) atoms. The SMILES string of the molecule is O=C([O-])c1cc(N=C(S)Nc2cc3cccnc3c3ncccc23)ccc1-c1c2ccc(=O)cc-2oc2cc([O-])ccc12.[K+].[K+]. The van der Waals surface area contributed by atoms with Crippen LogP contribution in [0.15, 0.2) is 112 Å². The number of nitrogens with zero attached hydrogens (tertiary/aromatic N) is 3. The van der Waals surface area contributed by atoms with Gasteiger partial charge in [-0.05, 0) is 60.2 Å². The Morgan fingerprint density at radius 1 is 0.844 bits per heavy atom. The molecule has 0 unspecified atom stereocenters. The summed E-state index contributed by atoms with van der Waals surface area (Å²) in [5.74, 6) is -1.49. The minimum atomic E-state index is -1.43. The molecular weight excluding hydrogens is 643 g/mol. The van der Waals surface area contributed by atoms with Gasteiger partial charge in [0.05, 0.1) is 28.4 Å². The Morgan fingerprint density at radius 3 is 2.40 bits per heavy atom. The number of anilines is 1. The van der Waals surface area contributed by atoms with E-state index in [4.69, 9.17) is 4.42 Å². The number of hydrogen-bond acceptors (Lipinski definition) is 8. The van der Waals surface area contributed by atoms with Crippen molar-refractivity contribution in [2.75, 3.05) is 5.32 Å². The molecule has 0 bridgehead atoms. The number of carboxylic acids is 1. The maximum Gasteiger partial charge on any atom is 1.00 e. The molecule has 0 radical (unpaired) electrons. The molecule has 5 aromatic rings. The predicted molar refractivity (Wildman–Crippen MR) is 165 cm³/mol. The van der Waals surface area contributed by atoms with Crippen LogP contribution >= 0.6 is 12.6 Å². The number of nitrogens with one attached hydrogen (secondary N) is 1. The van der Waals surface area contributed by atoms with Crippen LogP contribution in [0, 0.1) is 0 Å². The summed E-state index contributed by atoms with van der Waals surface area (Å²) < 4.78 is 5.85. The van der Waals surface area contributed by atoms with Crippen molar-refractivity contribution in [3.05, 3.63) is 113 Å². The fourth-order valence-corrected chi connectivity index (χ4v) is 5.52. The zero-order chi connectivity index (χ0) is 29.7. The molecule has 2 aliphatic rings. The van der Waals surface area contributed by atoms with Crippen LogP contribution in [-0.4, -0.2) is 21.1 Å². The second kappa shape index (κ2) is 14.1. The third-order valence-electron chi connectivity index (χ3n) is 7.10. The van der Waals surface area contributed by atoms with Gasteiger partial charge in [0, 0.05) is 51.3 Å². The average molecular weight is 661 g/mol. The Kier molecular flexibility index (Phi) is 10.6. The Morgan fingerprint density at radius 2 is 1.60 bits per heavy atom. The molecule has 208 valence electrons. The van der Waals surface area contributed by atoms with Crippen molar-refractivity contribution < 1.29 is 122 Å². The van der Waals surface area contributed by atoms with E-state index >= 15 is 0 Å². The molecule has 0 saturated carbocycles. The summed E-state index contributed by atoms with van der Waals surface area (Å²) >= 11 is 4.54. The molecule has 0 fully saturated rings. The molecule has 0 atom stereocenters. The van der Waals surface area contributed by atoms with Crippen LogP contribution in [0.3, 0.4) is 0 Å². The molecule has 9 nitrogen and oxygen atoms in total. The standard InChI is InChI=1S/C33H20N4O5S.2K/c38-19-6-9-23-27(15-19)42-28-16-20(39)7-10-24(28)29(23)21-8-5-18(14-25(21)32(40)41)36-33(43)37-26-13-17-3-1-11-34-30(17)31-22(26)4-2-12-35-31;;/h1-16,38H,(H,40,41)(H2,36,37,43);;/q;2*+1/p-2. The van der Waals surface area contributed by atoms with Crippen molar-refractivity contribution in [3.8, 4) is 28.2 Å². The molecule has 3 heterocycles. The number of carbonyl (C=O) groups is 1. The third-order valence-corrected chi connectivity index (χ3v) is 7.31. The molecule has 1 N–H and O–H groups in total. The van der Waals surface area contributed by atoms with Crippen molar-refractivity contribution in [3.63, 3.8) is 0 Å². The number of amidine groups is 1. The first-order chi connectivity index (χ1) is 20.9. The van der Waals surface area contributed by atoms with Crippen molar-refractivity contribution in [1.82, 2.24) is 9.97 Å². The Hall–Kier alpha value is -2.47. The van der Waals surface area contributed by atoms with Gasteiger partial charge in [0.2, 0.25) is 0 Å². The quantitative estimate of drug-likeness (QED) is 0.0620.